The summed E-state index contributed by atoms with van der Waals surface area (Å²) in [5.41, 5.74) is 5.70. The van der Waals surface area contributed by atoms with Crippen LogP contribution in [-0.4, -0.2) is 11.5 Å². The van der Waals surface area contributed by atoms with Crippen LogP contribution >= 0.6 is 11.8 Å². The third-order valence-corrected chi connectivity index (χ3v) is 9.05. The number of hydrogen-bond acceptors (Lipinski definition) is 1. The van der Waals surface area contributed by atoms with Crippen LogP contribution < -0.4 is 0 Å². The van der Waals surface area contributed by atoms with Crippen molar-refractivity contribution in [3.63, 3.8) is 0 Å². The Balaban J connectivity index is 1.20. The lowest BCUT2D eigenvalue weighted by Gasteiger charge is -2.21. The van der Waals surface area contributed by atoms with E-state index in [-0.39, 0.29) is 0 Å². The molecule has 0 spiro atoms. The molecule has 0 saturated carbocycles. The number of rotatable bonds is 10. The molecule has 6 aromatic carbocycles. The highest BCUT2D eigenvalue weighted by Gasteiger charge is 2.17. The van der Waals surface area contributed by atoms with Crippen LogP contribution in [0.1, 0.15) is 34.1 Å². The zero-order chi connectivity index (χ0) is 26.3. The molecular formula is C38H34S. The van der Waals surface area contributed by atoms with Crippen molar-refractivity contribution in [3.05, 3.63) is 168 Å². The Morgan fingerprint density at radius 1 is 0.385 bits per heavy atom. The second-order valence-electron chi connectivity index (χ2n) is 10.5. The summed E-state index contributed by atoms with van der Waals surface area (Å²) in [7, 11) is 0. The van der Waals surface area contributed by atoms with Gasteiger partial charge < -0.3 is 0 Å². The minimum atomic E-state index is 0.481. The van der Waals surface area contributed by atoms with Gasteiger partial charge in [0, 0.05) is 11.5 Å². The lowest BCUT2D eigenvalue weighted by atomic mass is 9.92. The molecule has 0 fully saturated rings. The summed E-state index contributed by atoms with van der Waals surface area (Å²) in [6.07, 6.45) is 2.12. The lowest BCUT2D eigenvalue weighted by molar-refractivity contribution is 0.754. The molecule has 192 valence electrons. The summed E-state index contributed by atoms with van der Waals surface area (Å²) in [6.45, 7) is 0. The highest BCUT2D eigenvalue weighted by Crippen LogP contribution is 2.31. The largest absolute Gasteiger partial charge is 0.161 e. The first-order valence-electron chi connectivity index (χ1n) is 13.9. The highest BCUT2D eigenvalue weighted by molar-refractivity contribution is 7.99. The number of thioether (sulfide) groups is 1. The van der Waals surface area contributed by atoms with Crippen LogP contribution in [0.5, 0.6) is 0 Å². The van der Waals surface area contributed by atoms with Crippen molar-refractivity contribution in [2.45, 2.75) is 24.7 Å². The Hall–Kier alpha value is -3.81. The molecule has 39 heavy (non-hydrogen) atoms. The van der Waals surface area contributed by atoms with Gasteiger partial charge in [0.1, 0.15) is 0 Å². The van der Waals surface area contributed by atoms with Gasteiger partial charge in [0.05, 0.1) is 0 Å². The first kappa shape index (κ1) is 25.5. The van der Waals surface area contributed by atoms with E-state index in [0.29, 0.717) is 11.8 Å². The van der Waals surface area contributed by atoms with Crippen LogP contribution in [0.4, 0.5) is 0 Å². The number of fused-ring (bicyclic) bond motifs is 2. The maximum Gasteiger partial charge on any atom is 0.000489 e. The molecule has 1 heteroatoms. The van der Waals surface area contributed by atoms with E-state index < -0.39 is 0 Å². The van der Waals surface area contributed by atoms with Crippen LogP contribution in [-0.2, 0) is 12.8 Å². The van der Waals surface area contributed by atoms with Gasteiger partial charge in [-0.15, -0.1) is 0 Å². The van der Waals surface area contributed by atoms with Crippen LogP contribution in [0.15, 0.2) is 146 Å². The predicted octanol–water partition coefficient (Wildman–Crippen LogP) is 10.1. The van der Waals surface area contributed by atoms with E-state index in [1.807, 2.05) is 0 Å². The van der Waals surface area contributed by atoms with Crippen molar-refractivity contribution >= 4 is 33.3 Å². The molecule has 0 aromatic heterocycles. The Kier molecular flexibility index (Phi) is 8.07. The van der Waals surface area contributed by atoms with Crippen molar-refractivity contribution in [1.82, 2.24) is 0 Å². The monoisotopic (exact) mass is 522 g/mol. The average Bonchev–Trinajstić information content (AvgIpc) is 3.01. The smallest absolute Gasteiger partial charge is 0.000489 e. The van der Waals surface area contributed by atoms with Crippen molar-refractivity contribution < 1.29 is 0 Å². The SMILES string of the molecule is c1ccc(C(CSCC(Cc2ccc3ccccc3c2)c2ccccc2)Cc2ccc3ccccc3c2)cc1. The molecule has 0 nitrogen and oxygen atoms in total. The van der Waals surface area contributed by atoms with E-state index in [1.165, 1.54) is 43.8 Å². The van der Waals surface area contributed by atoms with Crippen LogP contribution in [0.25, 0.3) is 21.5 Å². The number of benzene rings is 6. The fourth-order valence-corrected chi connectivity index (χ4v) is 6.98. The molecule has 2 atom stereocenters. The fourth-order valence-electron chi connectivity index (χ4n) is 5.65. The van der Waals surface area contributed by atoms with Gasteiger partial charge in [-0.25, -0.2) is 0 Å². The van der Waals surface area contributed by atoms with Gasteiger partial charge in [-0.05, 0) is 68.5 Å². The Morgan fingerprint density at radius 3 is 1.21 bits per heavy atom. The van der Waals surface area contributed by atoms with Crippen molar-refractivity contribution in [2.75, 3.05) is 11.5 Å². The van der Waals surface area contributed by atoms with Crippen molar-refractivity contribution in [1.29, 1.82) is 0 Å². The highest BCUT2D eigenvalue weighted by atomic mass is 32.2. The van der Waals surface area contributed by atoms with Gasteiger partial charge in [0.15, 0.2) is 0 Å². The van der Waals surface area contributed by atoms with Crippen LogP contribution in [0, 0.1) is 0 Å². The Morgan fingerprint density at radius 2 is 0.769 bits per heavy atom. The fraction of sp³-hybridized carbons (Fsp3) is 0.158. The van der Waals surface area contributed by atoms with Gasteiger partial charge in [-0.1, -0.05) is 146 Å². The third-order valence-electron chi connectivity index (χ3n) is 7.77. The van der Waals surface area contributed by atoms with Gasteiger partial charge >= 0.3 is 0 Å². The predicted molar refractivity (Wildman–Crippen MR) is 171 cm³/mol. The quantitative estimate of drug-likeness (QED) is 0.172. The summed E-state index contributed by atoms with van der Waals surface area (Å²) in [6, 6.07) is 53.5. The molecule has 0 heterocycles. The van der Waals surface area contributed by atoms with E-state index in [2.05, 4.69) is 157 Å². The van der Waals surface area contributed by atoms with E-state index in [1.54, 1.807) is 0 Å². The molecule has 0 aliphatic carbocycles. The summed E-state index contributed by atoms with van der Waals surface area (Å²) in [4.78, 5) is 0. The van der Waals surface area contributed by atoms with Gasteiger partial charge in [-0.3, -0.25) is 0 Å². The van der Waals surface area contributed by atoms with E-state index in [9.17, 15) is 0 Å². The molecule has 0 amide bonds. The summed E-state index contributed by atoms with van der Waals surface area (Å²) in [5.74, 6) is 3.18. The normalized spacial score (nSPS) is 12.9. The minimum absolute atomic E-state index is 0.481. The van der Waals surface area contributed by atoms with Gasteiger partial charge in [-0.2, -0.15) is 11.8 Å². The molecule has 0 bridgehead atoms. The molecule has 2 unspecified atom stereocenters. The maximum atomic E-state index is 2.38. The third kappa shape index (κ3) is 6.44. The van der Waals surface area contributed by atoms with E-state index in [0.717, 1.165) is 24.3 Å². The van der Waals surface area contributed by atoms with Crippen molar-refractivity contribution in [3.8, 4) is 0 Å². The summed E-state index contributed by atoms with van der Waals surface area (Å²) >= 11 is 2.10. The molecule has 6 aromatic rings. The molecule has 0 saturated heterocycles. The second kappa shape index (κ2) is 12.4. The molecule has 0 radical (unpaired) electrons. The van der Waals surface area contributed by atoms with Crippen molar-refractivity contribution in [2.24, 2.45) is 0 Å². The topological polar surface area (TPSA) is 0 Å². The van der Waals surface area contributed by atoms with E-state index in [4.69, 9.17) is 0 Å². The Labute approximate surface area is 236 Å². The molecule has 0 aliphatic rings. The Bertz CT molecular complexity index is 1510. The average molecular weight is 523 g/mol. The zero-order valence-electron chi connectivity index (χ0n) is 22.2. The molecule has 0 N–H and O–H groups in total. The maximum absolute atomic E-state index is 2.38. The first-order chi connectivity index (χ1) is 19.3. The van der Waals surface area contributed by atoms with E-state index >= 15 is 0 Å². The summed E-state index contributed by atoms with van der Waals surface area (Å²) < 4.78 is 0. The lowest BCUT2D eigenvalue weighted by Crippen LogP contribution is -2.10. The van der Waals surface area contributed by atoms with Crippen LogP contribution in [0.2, 0.25) is 0 Å². The molecule has 6 rings (SSSR count). The second-order valence-corrected chi connectivity index (χ2v) is 11.6. The minimum Gasteiger partial charge on any atom is -0.161 e. The summed E-state index contributed by atoms with van der Waals surface area (Å²) in [5, 5.41) is 5.28. The molecule has 0 aliphatic heterocycles. The first-order valence-corrected chi connectivity index (χ1v) is 15.1. The van der Waals surface area contributed by atoms with Gasteiger partial charge in [0.2, 0.25) is 0 Å². The molecular weight excluding hydrogens is 488 g/mol. The van der Waals surface area contributed by atoms with Crippen LogP contribution in [0.3, 0.4) is 0 Å². The zero-order valence-corrected chi connectivity index (χ0v) is 23.1. The van der Waals surface area contributed by atoms with Gasteiger partial charge in [0.25, 0.3) is 0 Å². The number of hydrogen-bond donors (Lipinski definition) is 0. The standard InChI is InChI=1S/C38H34S/c1-3-11-31(12-4-1)37(25-29-19-21-33-15-7-9-17-35(33)23-29)27-39-28-38(32-13-5-2-6-14-32)26-30-20-22-34-16-8-10-18-36(34)24-30/h1-24,37-38H,25-28H2.